The van der Waals surface area contributed by atoms with E-state index < -0.39 is 0 Å². The monoisotopic (exact) mass is 206 g/mol. The van der Waals surface area contributed by atoms with Gasteiger partial charge in [-0.2, -0.15) is 0 Å². The topological polar surface area (TPSA) is 32.3 Å². The van der Waals surface area contributed by atoms with Crippen molar-refractivity contribution < 1.29 is 4.79 Å². The molecule has 0 unspecified atom stereocenters. The molecule has 1 rings (SSSR count). The van der Waals surface area contributed by atoms with Gasteiger partial charge in [0.2, 0.25) is 0 Å². The highest BCUT2D eigenvalue weighted by Crippen LogP contribution is 2.08. The maximum atomic E-state index is 11.0. The second kappa shape index (κ2) is 6.26. The van der Waals surface area contributed by atoms with Gasteiger partial charge in [-0.05, 0) is 26.2 Å². The van der Waals surface area contributed by atoms with E-state index in [4.69, 9.17) is 0 Å². The Morgan fingerprint density at radius 2 is 2.47 bits per heavy atom. The van der Waals surface area contributed by atoms with Crippen LogP contribution in [0.1, 0.15) is 20.3 Å². The first kappa shape index (κ1) is 11.8. The molecule has 1 aliphatic heterocycles. The van der Waals surface area contributed by atoms with Gasteiger partial charge in [0.1, 0.15) is 0 Å². The third kappa shape index (κ3) is 4.66. The van der Waals surface area contributed by atoms with E-state index in [0.29, 0.717) is 6.54 Å². The zero-order valence-electron chi connectivity index (χ0n) is 9.47. The molecule has 15 heavy (non-hydrogen) atoms. The molecule has 0 aromatic rings. The second-order valence-corrected chi connectivity index (χ2v) is 3.73. The number of nitrogens with zero attached hydrogens (tertiary/aromatic N) is 1. The van der Waals surface area contributed by atoms with Crippen LogP contribution in [0.25, 0.3) is 0 Å². The molecule has 0 atom stereocenters. The van der Waals surface area contributed by atoms with E-state index in [-0.39, 0.29) is 5.91 Å². The first-order valence-corrected chi connectivity index (χ1v) is 5.31. The van der Waals surface area contributed by atoms with E-state index in [9.17, 15) is 4.79 Å². The molecule has 1 aliphatic rings. The molecule has 1 N–H and O–H groups in total. The Bertz CT molecular complexity index is 309. The van der Waals surface area contributed by atoms with E-state index in [1.54, 1.807) is 6.92 Å². The van der Waals surface area contributed by atoms with Crippen LogP contribution in [-0.4, -0.2) is 37.0 Å². The first-order chi connectivity index (χ1) is 7.22. The summed E-state index contributed by atoms with van der Waals surface area (Å²) >= 11 is 0. The molecule has 0 bridgehead atoms. The van der Waals surface area contributed by atoms with Crippen LogP contribution in [-0.2, 0) is 4.79 Å². The zero-order valence-corrected chi connectivity index (χ0v) is 9.47. The molecule has 3 heteroatoms. The third-order valence-corrected chi connectivity index (χ3v) is 2.47. The van der Waals surface area contributed by atoms with Gasteiger partial charge in [0.05, 0.1) is 0 Å². The van der Waals surface area contributed by atoms with Crippen molar-refractivity contribution in [2.75, 3.05) is 26.2 Å². The molecule has 0 aromatic heterocycles. The number of carbonyl (C=O) groups excluding carboxylic acids is 1. The predicted octanol–water partition coefficient (Wildman–Crippen LogP) is 0.778. The maximum Gasteiger partial charge on any atom is 0.295 e. The molecule has 1 amide bonds. The first-order valence-electron chi connectivity index (χ1n) is 5.31. The summed E-state index contributed by atoms with van der Waals surface area (Å²) in [6, 6.07) is 0. The maximum absolute atomic E-state index is 11.0. The number of hydrogen-bond donors (Lipinski definition) is 1. The molecule has 0 fully saturated rings. The summed E-state index contributed by atoms with van der Waals surface area (Å²) in [6.07, 6.45) is 3.39. The minimum absolute atomic E-state index is 0.179. The van der Waals surface area contributed by atoms with Crippen molar-refractivity contribution in [2.24, 2.45) is 0 Å². The number of hydrogen-bond acceptors (Lipinski definition) is 2. The summed E-state index contributed by atoms with van der Waals surface area (Å²) < 4.78 is 0. The summed E-state index contributed by atoms with van der Waals surface area (Å²) in [7, 11) is 0. The molecule has 3 nitrogen and oxygen atoms in total. The summed E-state index contributed by atoms with van der Waals surface area (Å²) in [5, 5.41) is 2.77. The second-order valence-electron chi connectivity index (χ2n) is 3.73. The van der Waals surface area contributed by atoms with Crippen LogP contribution in [0, 0.1) is 11.8 Å². The Kier molecular flexibility index (Phi) is 4.92. The lowest BCUT2D eigenvalue weighted by molar-refractivity contribution is -0.115. The van der Waals surface area contributed by atoms with Crippen molar-refractivity contribution in [3.63, 3.8) is 0 Å². The average Bonchev–Trinajstić information content (AvgIpc) is 2.21. The summed E-state index contributed by atoms with van der Waals surface area (Å²) in [6.45, 7) is 7.51. The van der Waals surface area contributed by atoms with E-state index in [1.165, 1.54) is 5.57 Å². The van der Waals surface area contributed by atoms with Crippen molar-refractivity contribution in [1.82, 2.24) is 10.2 Å². The van der Waals surface area contributed by atoms with Gasteiger partial charge in [-0.15, -0.1) is 0 Å². The Balaban J connectivity index is 2.15. The quantitative estimate of drug-likeness (QED) is 0.546. The predicted molar refractivity (Wildman–Crippen MR) is 61.3 cm³/mol. The number of amides is 1. The standard InChI is InChI=1S/C12H18N2O/c1-3-4-12(15)13-7-10-14-8-5-11(2)6-9-14/h5H,6-10H2,1-2H3,(H,13,15). The molecule has 1 heterocycles. The molecule has 0 radical (unpaired) electrons. The molecule has 82 valence electrons. The van der Waals surface area contributed by atoms with Crippen molar-refractivity contribution in [1.29, 1.82) is 0 Å². The number of carbonyl (C=O) groups is 1. The Hall–Kier alpha value is -1.27. The van der Waals surface area contributed by atoms with Crippen LogP contribution in [0.2, 0.25) is 0 Å². The van der Waals surface area contributed by atoms with Crippen LogP contribution in [0.4, 0.5) is 0 Å². The molecule has 0 saturated heterocycles. The van der Waals surface area contributed by atoms with Crippen LogP contribution in [0.3, 0.4) is 0 Å². The average molecular weight is 206 g/mol. The number of nitrogens with one attached hydrogen (secondary N) is 1. The lowest BCUT2D eigenvalue weighted by atomic mass is 10.1. The Labute approximate surface area is 91.5 Å². The van der Waals surface area contributed by atoms with Gasteiger partial charge in [0.15, 0.2) is 0 Å². The van der Waals surface area contributed by atoms with E-state index in [2.05, 4.69) is 35.1 Å². The highest BCUT2D eigenvalue weighted by molar-refractivity contribution is 5.93. The largest absolute Gasteiger partial charge is 0.344 e. The highest BCUT2D eigenvalue weighted by Gasteiger charge is 2.08. The van der Waals surface area contributed by atoms with Crippen LogP contribution >= 0.6 is 0 Å². The molecule has 0 saturated carbocycles. The van der Waals surface area contributed by atoms with Crippen molar-refractivity contribution in [2.45, 2.75) is 20.3 Å². The van der Waals surface area contributed by atoms with Gasteiger partial charge in [-0.3, -0.25) is 9.69 Å². The van der Waals surface area contributed by atoms with Crippen LogP contribution in [0.5, 0.6) is 0 Å². The highest BCUT2D eigenvalue weighted by atomic mass is 16.1. The van der Waals surface area contributed by atoms with Crippen molar-refractivity contribution in [3.05, 3.63) is 11.6 Å². The molecular weight excluding hydrogens is 188 g/mol. The minimum atomic E-state index is -0.179. The Morgan fingerprint density at radius 1 is 1.67 bits per heavy atom. The van der Waals surface area contributed by atoms with Crippen molar-refractivity contribution >= 4 is 5.91 Å². The summed E-state index contributed by atoms with van der Waals surface area (Å²) in [5.41, 5.74) is 1.46. The van der Waals surface area contributed by atoms with Crippen LogP contribution < -0.4 is 5.32 Å². The van der Waals surface area contributed by atoms with E-state index >= 15 is 0 Å². The minimum Gasteiger partial charge on any atom is -0.344 e. The van der Waals surface area contributed by atoms with Gasteiger partial charge in [0.25, 0.3) is 5.91 Å². The molecule has 0 aliphatic carbocycles. The van der Waals surface area contributed by atoms with Crippen molar-refractivity contribution in [3.8, 4) is 11.8 Å². The molecular formula is C12H18N2O. The third-order valence-electron chi connectivity index (χ3n) is 2.47. The Morgan fingerprint density at radius 3 is 3.07 bits per heavy atom. The van der Waals surface area contributed by atoms with Gasteiger partial charge < -0.3 is 5.32 Å². The zero-order chi connectivity index (χ0) is 11.1. The molecule has 0 aromatic carbocycles. The smallest absolute Gasteiger partial charge is 0.295 e. The van der Waals surface area contributed by atoms with Gasteiger partial charge in [-0.25, -0.2) is 0 Å². The lowest BCUT2D eigenvalue weighted by Gasteiger charge is -2.24. The SMILES string of the molecule is CC#CC(=O)NCCN1CC=C(C)CC1. The van der Waals surface area contributed by atoms with Gasteiger partial charge in [-0.1, -0.05) is 17.6 Å². The normalized spacial score (nSPS) is 16.3. The number of rotatable bonds is 3. The fourth-order valence-electron chi connectivity index (χ4n) is 1.50. The summed E-state index contributed by atoms with van der Waals surface area (Å²) in [5.74, 6) is 4.86. The molecule has 0 spiro atoms. The fraction of sp³-hybridized carbons (Fsp3) is 0.583. The van der Waals surface area contributed by atoms with E-state index in [1.807, 2.05) is 0 Å². The summed E-state index contributed by atoms with van der Waals surface area (Å²) in [4.78, 5) is 13.3. The fourth-order valence-corrected chi connectivity index (χ4v) is 1.50. The lowest BCUT2D eigenvalue weighted by Crippen LogP contribution is -2.36. The van der Waals surface area contributed by atoms with E-state index in [0.717, 1.165) is 26.1 Å². The van der Waals surface area contributed by atoms with Crippen LogP contribution in [0.15, 0.2) is 11.6 Å². The van der Waals surface area contributed by atoms with Gasteiger partial charge in [0, 0.05) is 26.2 Å². The van der Waals surface area contributed by atoms with Gasteiger partial charge >= 0.3 is 0 Å².